The van der Waals surface area contributed by atoms with Gasteiger partial charge in [0.15, 0.2) is 9.84 Å². The molecule has 0 saturated heterocycles. The van der Waals surface area contributed by atoms with E-state index in [0.29, 0.717) is 11.7 Å². The van der Waals surface area contributed by atoms with Crippen molar-refractivity contribution in [2.45, 2.75) is 57.2 Å². The molecule has 0 radical (unpaired) electrons. The van der Waals surface area contributed by atoms with Gasteiger partial charge in [-0.2, -0.15) is 0 Å². The van der Waals surface area contributed by atoms with Crippen molar-refractivity contribution in [3.8, 4) is 0 Å². The zero-order valence-electron chi connectivity index (χ0n) is 10.7. The molecule has 1 aliphatic carbocycles. The molecule has 0 aromatic carbocycles. The molecular weight excluding hydrogens is 222 g/mol. The maximum atomic E-state index is 12.2. The molecule has 1 saturated carbocycles. The molecule has 4 heteroatoms. The summed E-state index contributed by atoms with van der Waals surface area (Å²) in [6.07, 6.45) is 5.47. The Morgan fingerprint density at radius 1 is 1.31 bits per heavy atom. The summed E-state index contributed by atoms with van der Waals surface area (Å²) in [5, 5.41) is 2.84. The lowest BCUT2D eigenvalue weighted by Gasteiger charge is -2.23. The molecule has 1 fully saturated rings. The Morgan fingerprint density at radius 2 is 1.88 bits per heavy atom. The van der Waals surface area contributed by atoms with Crippen LogP contribution in [0.4, 0.5) is 0 Å². The number of hydrogen-bond donors (Lipinski definition) is 1. The van der Waals surface area contributed by atoms with Crippen molar-refractivity contribution < 1.29 is 8.42 Å². The van der Waals surface area contributed by atoms with Gasteiger partial charge in [-0.05, 0) is 39.2 Å². The molecular formula is C12H25NO2S. The van der Waals surface area contributed by atoms with E-state index >= 15 is 0 Å². The minimum Gasteiger partial charge on any atom is -0.316 e. The van der Waals surface area contributed by atoms with Gasteiger partial charge in [-0.3, -0.25) is 0 Å². The molecule has 0 spiro atoms. The largest absolute Gasteiger partial charge is 0.316 e. The summed E-state index contributed by atoms with van der Waals surface area (Å²) in [7, 11) is -1.09. The summed E-state index contributed by atoms with van der Waals surface area (Å²) in [6, 6.07) is 0.0893. The average Bonchev–Trinajstić information content (AvgIpc) is 2.71. The van der Waals surface area contributed by atoms with Crippen LogP contribution in [0.3, 0.4) is 0 Å². The molecule has 16 heavy (non-hydrogen) atoms. The quantitative estimate of drug-likeness (QED) is 0.780. The smallest absolute Gasteiger partial charge is 0.154 e. The van der Waals surface area contributed by atoms with Gasteiger partial charge in [-0.15, -0.1) is 0 Å². The van der Waals surface area contributed by atoms with Crippen LogP contribution in [0.1, 0.15) is 46.0 Å². The van der Waals surface area contributed by atoms with E-state index in [-0.39, 0.29) is 11.3 Å². The second-order valence-electron chi connectivity index (χ2n) is 4.99. The summed E-state index contributed by atoms with van der Waals surface area (Å²) in [4.78, 5) is 0. The van der Waals surface area contributed by atoms with E-state index in [9.17, 15) is 8.42 Å². The highest BCUT2D eigenvalue weighted by molar-refractivity contribution is 7.92. The summed E-state index contributed by atoms with van der Waals surface area (Å²) in [5.41, 5.74) is 0. The van der Waals surface area contributed by atoms with Crippen molar-refractivity contribution in [1.82, 2.24) is 5.32 Å². The lowest BCUT2D eigenvalue weighted by molar-refractivity contribution is 0.494. The fraction of sp³-hybridized carbons (Fsp3) is 1.00. The molecule has 0 aromatic heterocycles. The minimum absolute atomic E-state index is 0.0893. The predicted molar refractivity (Wildman–Crippen MR) is 68.3 cm³/mol. The second-order valence-corrected chi connectivity index (χ2v) is 7.39. The molecule has 0 aromatic rings. The zero-order valence-corrected chi connectivity index (χ0v) is 11.5. The number of hydrogen-bond acceptors (Lipinski definition) is 3. The third-order valence-corrected chi connectivity index (χ3v) is 6.28. The van der Waals surface area contributed by atoms with Gasteiger partial charge in [-0.1, -0.05) is 19.8 Å². The Kier molecular flexibility index (Phi) is 5.25. The highest BCUT2D eigenvalue weighted by Gasteiger charge is 2.30. The first-order valence-electron chi connectivity index (χ1n) is 6.40. The van der Waals surface area contributed by atoms with Crippen LogP contribution in [0.25, 0.3) is 0 Å². The first-order valence-corrected chi connectivity index (χ1v) is 8.11. The predicted octanol–water partition coefficient (Wildman–Crippen LogP) is 1.98. The third-order valence-electron chi connectivity index (χ3n) is 3.89. The Bertz CT molecular complexity index is 290. The van der Waals surface area contributed by atoms with Crippen LogP contribution in [0.2, 0.25) is 0 Å². The molecule has 2 atom stereocenters. The molecule has 0 aliphatic heterocycles. The van der Waals surface area contributed by atoms with E-state index in [0.717, 1.165) is 19.3 Å². The summed E-state index contributed by atoms with van der Waals surface area (Å²) in [6.45, 7) is 3.87. The summed E-state index contributed by atoms with van der Waals surface area (Å²) < 4.78 is 24.4. The van der Waals surface area contributed by atoms with Crippen molar-refractivity contribution >= 4 is 9.84 Å². The molecule has 3 nitrogen and oxygen atoms in total. The van der Waals surface area contributed by atoms with E-state index in [1.165, 1.54) is 12.8 Å². The molecule has 96 valence electrons. The summed E-state index contributed by atoms with van der Waals surface area (Å²) in [5.74, 6) is 0.814. The minimum atomic E-state index is -2.93. The van der Waals surface area contributed by atoms with Gasteiger partial charge in [-0.25, -0.2) is 8.42 Å². The van der Waals surface area contributed by atoms with E-state index < -0.39 is 9.84 Å². The molecule has 0 amide bonds. The molecule has 1 N–H and O–H groups in total. The van der Waals surface area contributed by atoms with Crippen molar-refractivity contribution in [2.24, 2.45) is 5.92 Å². The highest BCUT2D eigenvalue weighted by atomic mass is 32.2. The van der Waals surface area contributed by atoms with Crippen LogP contribution in [0, 0.1) is 5.92 Å². The van der Waals surface area contributed by atoms with E-state index in [1.54, 1.807) is 0 Å². The molecule has 1 rings (SSSR count). The maximum Gasteiger partial charge on any atom is 0.154 e. The number of rotatable bonds is 6. The van der Waals surface area contributed by atoms with Crippen LogP contribution >= 0.6 is 0 Å². The maximum absolute atomic E-state index is 12.2. The highest BCUT2D eigenvalue weighted by Crippen LogP contribution is 2.27. The van der Waals surface area contributed by atoms with Crippen LogP contribution in [-0.2, 0) is 9.84 Å². The van der Waals surface area contributed by atoms with Crippen LogP contribution in [-0.4, -0.2) is 32.5 Å². The van der Waals surface area contributed by atoms with Crippen LogP contribution in [0.5, 0.6) is 0 Å². The molecule has 0 heterocycles. The zero-order chi connectivity index (χ0) is 12.2. The monoisotopic (exact) mass is 247 g/mol. The van der Waals surface area contributed by atoms with Gasteiger partial charge in [0.2, 0.25) is 0 Å². The van der Waals surface area contributed by atoms with Crippen molar-refractivity contribution in [2.75, 3.05) is 12.8 Å². The normalized spacial score (nSPS) is 22.2. The van der Waals surface area contributed by atoms with Crippen molar-refractivity contribution in [3.05, 3.63) is 0 Å². The van der Waals surface area contributed by atoms with Crippen molar-refractivity contribution in [3.63, 3.8) is 0 Å². The topological polar surface area (TPSA) is 46.2 Å². The first kappa shape index (κ1) is 14.0. The number of nitrogens with one attached hydrogen (secondary N) is 1. The Morgan fingerprint density at radius 3 is 2.31 bits per heavy atom. The van der Waals surface area contributed by atoms with Gasteiger partial charge in [0.1, 0.15) is 0 Å². The third kappa shape index (κ3) is 3.45. The first-order chi connectivity index (χ1) is 7.51. The fourth-order valence-electron chi connectivity index (χ4n) is 2.68. The van der Waals surface area contributed by atoms with Crippen LogP contribution in [0.15, 0.2) is 0 Å². The van der Waals surface area contributed by atoms with Gasteiger partial charge in [0, 0.05) is 6.04 Å². The number of sulfone groups is 1. The standard InChI is InChI=1S/C12H25NO2S/c1-4-12(13-3)10(2)16(14,15)9-11-7-5-6-8-11/h10-13H,4-9H2,1-3H3. The lowest BCUT2D eigenvalue weighted by Crippen LogP contribution is -2.42. The molecule has 1 aliphatic rings. The Balaban J connectivity index is 2.60. The summed E-state index contributed by atoms with van der Waals surface area (Å²) >= 11 is 0. The van der Waals surface area contributed by atoms with Crippen molar-refractivity contribution in [1.29, 1.82) is 0 Å². The van der Waals surface area contributed by atoms with Gasteiger partial charge < -0.3 is 5.32 Å². The Hall–Kier alpha value is -0.0900. The molecule has 0 bridgehead atoms. The van der Waals surface area contributed by atoms with Gasteiger partial charge >= 0.3 is 0 Å². The van der Waals surface area contributed by atoms with Crippen LogP contribution < -0.4 is 5.32 Å². The van der Waals surface area contributed by atoms with Gasteiger partial charge in [0.25, 0.3) is 0 Å². The van der Waals surface area contributed by atoms with E-state index in [4.69, 9.17) is 0 Å². The SMILES string of the molecule is CCC(NC)C(C)S(=O)(=O)CC1CCCC1. The average molecular weight is 247 g/mol. The lowest BCUT2D eigenvalue weighted by atomic mass is 10.1. The fourth-order valence-corrected chi connectivity index (χ4v) is 4.80. The Labute approximate surface area is 99.9 Å². The second kappa shape index (κ2) is 6.01. The van der Waals surface area contributed by atoms with Gasteiger partial charge in [0.05, 0.1) is 11.0 Å². The molecule has 2 unspecified atom stereocenters. The van der Waals surface area contributed by atoms with E-state index in [1.807, 2.05) is 20.9 Å². The van der Waals surface area contributed by atoms with E-state index in [2.05, 4.69) is 5.32 Å².